The highest BCUT2D eigenvalue weighted by Crippen LogP contribution is 2.35. The van der Waals surface area contributed by atoms with Gasteiger partial charge in [-0.2, -0.15) is 5.10 Å². The maximum absolute atomic E-state index is 13.2. The Hall–Kier alpha value is -3.82. The van der Waals surface area contributed by atoms with Crippen LogP contribution in [0.3, 0.4) is 0 Å². The summed E-state index contributed by atoms with van der Waals surface area (Å²) in [6.45, 7) is 2.29. The molecule has 0 saturated heterocycles. The lowest BCUT2D eigenvalue weighted by Gasteiger charge is -2.25. The number of nitrogens with zero attached hydrogens (tertiary/aromatic N) is 3. The van der Waals surface area contributed by atoms with Crippen LogP contribution < -0.4 is 5.56 Å². The Morgan fingerprint density at radius 2 is 1.77 bits per heavy atom. The monoisotopic (exact) mass is 530 g/mol. The van der Waals surface area contributed by atoms with E-state index in [4.69, 9.17) is 14.5 Å². The Morgan fingerprint density at radius 1 is 1.08 bits per heavy atom. The van der Waals surface area contributed by atoms with E-state index in [9.17, 15) is 14.7 Å². The Morgan fingerprint density at radius 3 is 2.44 bits per heavy atom. The second-order valence-corrected chi connectivity index (χ2v) is 10.4. The minimum atomic E-state index is -0.960. The molecule has 9 nitrogen and oxygen atoms in total. The average Bonchev–Trinajstić information content (AvgIpc) is 3.35. The van der Waals surface area contributed by atoms with Crippen LogP contribution in [0.4, 0.5) is 0 Å². The summed E-state index contributed by atoms with van der Waals surface area (Å²) in [4.78, 5) is 29.9. The number of aromatic amines is 1. The SMILES string of the molecule is COC(C)(Cc1n[nH]c(=O)c2c1nc(C1CCCCC1)n2Cc1ccc(-c2ccccc2C(=O)O)cc1)OC. The fourth-order valence-electron chi connectivity index (χ4n) is 5.51. The smallest absolute Gasteiger partial charge is 0.336 e. The fourth-order valence-corrected chi connectivity index (χ4v) is 5.51. The molecule has 9 heteroatoms. The summed E-state index contributed by atoms with van der Waals surface area (Å²) in [5, 5.41) is 16.6. The Bertz CT molecular complexity index is 1530. The van der Waals surface area contributed by atoms with Crippen molar-refractivity contribution in [3.8, 4) is 11.1 Å². The van der Waals surface area contributed by atoms with Crippen molar-refractivity contribution in [2.24, 2.45) is 0 Å². The van der Waals surface area contributed by atoms with Crippen LogP contribution in [-0.4, -0.2) is 50.8 Å². The minimum Gasteiger partial charge on any atom is -0.478 e. The predicted octanol–water partition coefficient (Wildman–Crippen LogP) is 5.13. The number of imidazole rings is 1. The molecule has 0 bridgehead atoms. The van der Waals surface area contributed by atoms with Gasteiger partial charge in [0, 0.05) is 33.1 Å². The number of hydrogen-bond donors (Lipinski definition) is 2. The second kappa shape index (κ2) is 11.1. The van der Waals surface area contributed by atoms with Crippen LogP contribution in [0.15, 0.2) is 53.3 Å². The van der Waals surface area contributed by atoms with Gasteiger partial charge in [0.2, 0.25) is 0 Å². The molecule has 0 aliphatic heterocycles. The molecule has 1 aliphatic carbocycles. The van der Waals surface area contributed by atoms with Crippen molar-refractivity contribution >= 4 is 17.0 Å². The molecule has 0 atom stereocenters. The number of carboxylic acids is 1. The number of fused-ring (bicyclic) bond motifs is 1. The van der Waals surface area contributed by atoms with Gasteiger partial charge in [0.15, 0.2) is 5.79 Å². The molecule has 2 aromatic carbocycles. The van der Waals surface area contributed by atoms with Crippen molar-refractivity contribution < 1.29 is 19.4 Å². The van der Waals surface area contributed by atoms with E-state index in [2.05, 4.69) is 10.2 Å². The number of hydrogen-bond acceptors (Lipinski definition) is 6. The van der Waals surface area contributed by atoms with Gasteiger partial charge in [0.25, 0.3) is 5.56 Å². The van der Waals surface area contributed by atoms with Crippen molar-refractivity contribution in [1.82, 2.24) is 19.7 Å². The van der Waals surface area contributed by atoms with Gasteiger partial charge < -0.3 is 19.1 Å². The molecule has 4 aromatic rings. The standard InChI is InChI=1S/C30H34N4O5/c1-30(38-2,39-3)17-24-25-26(28(35)33-32-24)34(27(31-25)21-9-5-4-6-10-21)18-19-13-15-20(16-14-19)22-11-7-8-12-23(22)29(36)37/h7-8,11-16,21H,4-6,9-10,17-18H2,1-3H3,(H,33,35)(H,36,37). The maximum Gasteiger partial charge on any atom is 0.336 e. The van der Waals surface area contributed by atoms with Crippen molar-refractivity contribution in [2.45, 2.75) is 63.7 Å². The molecule has 0 amide bonds. The number of benzene rings is 2. The van der Waals surface area contributed by atoms with E-state index >= 15 is 0 Å². The van der Waals surface area contributed by atoms with E-state index in [0.717, 1.165) is 42.6 Å². The number of ether oxygens (including phenoxy) is 2. The predicted molar refractivity (Wildman–Crippen MR) is 148 cm³/mol. The Kier molecular flexibility index (Phi) is 7.63. The van der Waals surface area contributed by atoms with Gasteiger partial charge in [-0.1, -0.05) is 61.7 Å². The third-order valence-electron chi connectivity index (χ3n) is 7.86. The third kappa shape index (κ3) is 5.37. The van der Waals surface area contributed by atoms with Gasteiger partial charge in [-0.25, -0.2) is 14.9 Å². The van der Waals surface area contributed by atoms with Crippen LogP contribution in [0.5, 0.6) is 0 Å². The molecule has 2 aromatic heterocycles. The summed E-state index contributed by atoms with van der Waals surface area (Å²) in [6, 6.07) is 14.8. The molecule has 2 heterocycles. The Balaban J connectivity index is 1.57. The summed E-state index contributed by atoms with van der Waals surface area (Å²) in [7, 11) is 3.16. The first-order valence-electron chi connectivity index (χ1n) is 13.3. The highest BCUT2D eigenvalue weighted by Gasteiger charge is 2.30. The van der Waals surface area contributed by atoms with Gasteiger partial charge in [0.1, 0.15) is 16.9 Å². The molecule has 0 unspecified atom stereocenters. The molecule has 0 spiro atoms. The van der Waals surface area contributed by atoms with Crippen LogP contribution in [0.2, 0.25) is 0 Å². The summed E-state index contributed by atoms with van der Waals surface area (Å²) in [5.41, 5.74) is 4.14. The van der Waals surface area contributed by atoms with E-state index in [1.165, 1.54) is 6.42 Å². The van der Waals surface area contributed by atoms with Crippen molar-refractivity contribution in [2.75, 3.05) is 14.2 Å². The van der Waals surface area contributed by atoms with Crippen LogP contribution in [0, 0.1) is 0 Å². The lowest BCUT2D eigenvalue weighted by molar-refractivity contribution is -0.192. The lowest BCUT2D eigenvalue weighted by Crippen LogP contribution is -2.33. The van der Waals surface area contributed by atoms with E-state index < -0.39 is 11.8 Å². The topological polar surface area (TPSA) is 119 Å². The fraction of sp³-hybridized carbons (Fsp3) is 0.400. The normalized spacial score (nSPS) is 14.6. The summed E-state index contributed by atoms with van der Waals surface area (Å²) < 4.78 is 13.2. The zero-order chi connectivity index (χ0) is 27.6. The maximum atomic E-state index is 13.2. The average molecular weight is 531 g/mol. The highest BCUT2D eigenvalue weighted by atomic mass is 16.7. The molecule has 1 aliphatic rings. The molecular weight excluding hydrogens is 496 g/mol. The largest absolute Gasteiger partial charge is 0.478 e. The minimum absolute atomic E-state index is 0.260. The molecular formula is C30H34N4O5. The van der Waals surface area contributed by atoms with E-state index in [-0.39, 0.29) is 17.0 Å². The first-order chi connectivity index (χ1) is 18.8. The van der Waals surface area contributed by atoms with Gasteiger partial charge in [-0.15, -0.1) is 0 Å². The van der Waals surface area contributed by atoms with E-state index in [0.29, 0.717) is 35.3 Å². The summed E-state index contributed by atoms with van der Waals surface area (Å²) in [6.07, 6.45) is 5.87. The van der Waals surface area contributed by atoms with Gasteiger partial charge in [-0.05, 0) is 42.5 Å². The molecule has 5 rings (SSSR count). The number of rotatable bonds is 9. The molecule has 1 fully saturated rings. The van der Waals surface area contributed by atoms with Crippen molar-refractivity contribution in [3.63, 3.8) is 0 Å². The van der Waals surface area contributed by atoms with Crippen molar-refractivity contribution in [3.05, 3.63) is 81.5 Å². The molecule has 1 saturated carbocycles. The van der Waals surface area contributed by atoms with Crippen LogP contribution in [0.1, 0.15) is 72.4 Å². The molecule has 204 valence electrons. The van der Waals surface area contributed by atoms with Crippen LogP contribution >= 0.6 is 0 Å². The van der Waals surface area contributed by atoms with Gasteiger partial charge in [0.05, 0.1) is 11.3 Å². The highest BCUT2D eigenvalue weighted by molar-refractivity contribution is 5.96. The lowest BCUT2D eigenvalue weighted by atomic mass is 9.88. The number of methoxy groups -OCH3 is 2. The van der Waals surface area contributed by atoms with Crippen LogP contribution in [0.25, 0.3) is 22.2 Å². The van der Waals surface area contributed by atoms with E-state index in [1.54, 1.807) is 26.4 Å². The third-order valence-corrected chi connectivity index (χ3v) is 7.86. The summed E-state index contributed by atoms with van der Waals surface area (Å²) >= 11 is 0. The number of aromatic nitrogens is 4. The number of nitrogens with one attached hydrogen (secondary N) is 1. The number of H-pyrrole nitrogens is 1. The number of carboxylic acid groups (broad SMARTS) is 1. The van der Waals surface area contributed by atoms with Gasteiger partial charge in [-0.3, -0.25) is 4.79 Å². The zero-order valence-electron chi connectivity index (χ0n) is 22.6. The zero-order valence-corrected chi connectivity index (χ0v) is 22.6. The Labute approximate surface area is 226 Å². The quantitative estimate of drug-likeness (QED) is 0.288. The van der Waals surface area contributed by atoms with Crippen molar-refractivity contribution in [1.29, 1.82) is 0 Å². The second-order valence-electron chi connectivity index (χ2n) is 10.4. The molecule has 39 heavy (non-hydrogen) atoms. The first-order valence-corrected chi connectivity index (χ1v) is 13.3. The molecule has 2 N–H and O–H groups in total. The van der Waals surface area contributed by atoms with E-state index in [1.807, 2.05) is 47.9 Å². The first kappa shape index (κ1) is 26.8. The number of aromatic carboxylic acids is 1. The van der Waals surface area contributed by atoms with Crippen LogP contribution in [-0.2, 0) is 22.4 Å². The van der Waals surface area contributed by atoms with Gasteiger partial charge >= 0.3 is 5.97 Å². The number of carbonyl (C=O) groups is 1. The molecule has 0 radical (unpaired) electrons. The summed E-state index contributed by atoms with van der Waals surface area (Å²) in [5.74, 6) is -0.703.